The number of hydrogen-bond acceptors (Lipinski definition) is 4. The fourth-order valence-electron chi connectivity index (χ4n) is 3.09. The van der Waals surface area contributed by atoms with Crippen molar-refractivity contribution in [1.29, 1.82) is 0 Å². The van der Waals surface area contributed by atoms with E-state index in [1.807, 2.05) is 0 Å². The minimum atomic E-state index is -0.0916. The van der Waals surface area contributed by atoms with Crippen molar-refractivity contribution in [2.24, 2.45) is 5.41 Å². The van der Waals surface area contributed by atoms with E-state index in [4.69, 9.17) is 0 Å². The lowest BCUT2D eigenvalue weighted by Crippen LogP contribution is -2.36. The maximum Gasteiger partial charge on any atom is 0.252 e. The summed E-state index contributed by atoms with van der Waals surface area (Å²) in [5.74, 6) is 1.89. The molecule has 0 atom stereocenters. The summed E-state index contributed by atoms with van der Waals surface area (Å²) in [5, 5.41) is 13.0. The summed E-state index contributed by atoms with van der Waals surface area (Å²) in [7, 11) is 0. The molecule has 2 aliphatic rings. The van der Waals surface area contributed by atoms with E-state index in [0.717, 1.165) is 31.5 Å². The second-order valence-electron chi connectivity index (χ2n) is 6.36. The number of aliphatic hydroxyl groups is 1. The van der Waals surface area contributed by atoms with Crippen molar-refractivity contribution in [3.05, 3.63) is 22.2 Å². The molecule has 0 amide bonds. The summed E-state index contributed by atoms with van der Waals surface area (Å²) < 4.78 is 0. The zero-order chi connectivity index (χ0) is 14.0. The maximum absolute atomic E-state index is 11.7. The summed E-state index contributed by atoms with van der Waals surface area (Å²) in [4.78, 5) is 19.0. The van der Waals surface area contributed by atoms with Gasteiger partial charge in [0.15, 0.2) is 0 Å². The Kier molecular flexibility index (Phi) is 3.78. The Hall–Kier alpha value is -1.36. The van der Waals surface area contributed by atoms with Gasteiger partial charge in [-0.3, -0.25) is 4.79 Å². The van der Waals surface area contributed by atoms with Crippen LogP contribution in [0.15, 0.2) is 10.9 Å². The van der Waals surface area contributed by atoms with Gasteiger partial charge in [0.05, 0.1) is 6.61 Å². The van der Waals surface area contributed by atoms with Gasteiger partial charge in [0.25, 0.3) is 5.56 Å². The lowest BCUT2D eigenvalue weighted by atomic mass is 9.74. The van der Waals surface area contributed by atoms with Crippen LogP contribution in [0, 0.1) is 5.41 Å². The number of aromatic amines is 1. The molecule has 0 aromatic carbocycles. The molecule has 0 bridgehead atoms. The molecule has 2 fully saturated rings. The van der Waals surface area contributed by atoms with Crippen LogP contribution in [0.1, 0.15) is 56.7 Å². The van der Waals surface area contributed by atoms with E-state index in [9.17, 15) is 9.90 Å². The lowest BCUT2D eigenvalue weighted by molar-refractivity contribution is 0.0943. The second kappa shape index (κ2) is 5.56. The van der Waals surface area contributed by atoms with Crippen LogP contribution < -0.4 is 10.9 Å². The number of aliphatic hydroxyl groups excluding tert-OH is 1. The van der Waals surface area contributed by atoms with E-state index in [-0.39, 0.29) is 17.6 Å². The third-order valence-electron chi connectivity index (χ3n) is 4.62. The summed E-state index contributed by atoms with van der Waals surface area (Å²) >= 11 is 0. The molecule has 3 N–H and O–H groups in total. The highest BCUT2D eigenvalue weighted by Crippen LogP contribution is 2.38. The first-order valence-corrected chi connectivity index (χ1v) is 7.67. The SMILES string of the molecule is O=c1cc(NCC2(CO)CCCCC2)nc(C2CC2)[nH]1. The number of rotatable bonds is 5. The van der Waals surface area contributed by atoms with Crippen molar-refractivity contribution in [1.82, 2.24) is 9.97 Å². The van der Waals surface area contributed by atoms with Gasteiger partial charge in [-0.25, -0.2) is 4.98 Å². The summed E-state index contributed by atoms with van der Waals surface area (Å²) in [6.07, 6.45) is 7.96. The van der Waals surface area contributed by atoms with Crippen molar-refractivity contribution in [2.45, 2.75) is 50.9 Å². The Morgan fingerprint density at radius 2 is 2.10 bits per heavy atom. The molecule has 0 aliphatic heterocycles. The van der Waals surface area contributed by atoms with Gasteiger partial charge in [-0.05, 0) is 25.7 Å². The van der Waals surface area contributed by atoms with Crippen molar-refractivity contribution in [3.63, 3.8) is 0 Å². The molecule has 2 saturated carbocycles. The second-order valence-corrected chi connectivity index (χ2v) is 6.36. The first-order valence-electron chi connectivity index (χ1n) is 7.67. The Balaban J connectivity index is 1.69. The summed E-state index contributed by atoms with van der Waals surface area (Å²) in [6.45, 7) is 0.905. The molecular weight excluding hydrogens is 254 g/mol. The molecular formula is C15H23N3O2. The number of hydrogen-bond donors (Lipinski definition) is 3. The lowest BCUT2D eigenvalue weighted by Gasteiger charge is -2.35. The standard InChI is InChI=1S/C15H23N3O2/c19-10-15(6-2-1-3-7-15)9-16-12-8-13(20)18-14(17-12)11-4-5-11/h8,11,19H,1-7,9-10H2,(H2,16,17,18,20). The molecule has 0 saturated heterocycles. The van der Waals surface area contributed by atoms with Crippen LogP contribution in [0.5, 0.6) is 0 Å². The quantitative estimate of drug-likeness (QED) is 0.769. The smallest absolute Gasteiger partial charge is 0.252 e. The van der Waals surface area contributed by atoms with Gasteiger partial charge < -0.3 is 15.4 Å². The van der Waals surface area contributed by atoms with Crippen molar-refractivity contribution < 1.29 is 5.11 Å². The highest BCUT2D eigenvalue weighted by molar-refractivity contribution is 5.34. The van der Waals surface area contributed by atoms with E-state index in [2.05, 4.69) is 15.3 Å². The van der Waals surface area contributed by atoms with Crippen molar-refractivity contribution >= 4 is 5.82 Å². The van der Waals surface area contributed by atoms with Crippen LogP contribution in [-0.2, 0) is 0 Å². The Labute approximate surface area is 118 Å². The minimum Gasteiger partial charge on any atom is -0.396 e. The summed E-state index contributed by atoms with van der Waals surface area (Å²) in [6, 6.07) is 1.51. The maximum atomic E-state index is 11.7. The van der Waals surface area contributed by atoms with Gasteiger partial charge in [-0.1, -0.05) is 19.3 Å². The normalized spacial score (nSPS) is 21.6. The first kappa shape index (κ1) is 13.6. The van der Waals surface area contributed by atoms with Crippen molar-refractivity contribution in [2.75, 3.05) is 18.5 Å². The fraction of sp³-hybridized carbons (Fsp3) is 0.733. The van der Waals surface area contributed by atoms with Gasteiger partial charge in [-0.2, -0.15) is 0 Å². The topological polar surface area (TPSA) is 78.0 Å². The monoisotopic (exact) mass is 277 g/mol. The fourth-order valence-corrected chi connectivity index (χ4v) is 3.09. The third kappa shape index (κ3) is 3.03. The number of H-pyrrole nitrogens is 1. The summed E-state index contributed by atoms with van der Waals surface area (Å²) in [5.41, 5.74) is -0.131. The van der Waals surface area contributed by atoms with Crippen LogP contribution in [0.3, 0.4) is 0 Å². The van der Waals surface area contributed by atoms with E-state index >= 15 is 0 Å². The van der Waals surface area contributed by atoms with Gasteiger partial charge in [-0.15, -0.1) is 0 Å². The molecule has 5 heteroatoms. The van der Waals surface area contributed by atoms with Gasteiger partial charge in [0, 0.05) is 23.9 Å². The zero-order valence-corrected chi connectivity index (χ0v) is 11.8. The number of nitrogens with zero attached hydrogens (tertiary/aromatic N) is 1. The predicted octanol–water partition coefficient (Wildman–Crippen LogP) is 2.00. The average molecular weight is 277 g/mol. The van der Waals surface area contributed by atoms with Crippen LogP contribution in [0.4, 0.5) is 5.82 Å². The largest absolute Gasteiger partial charge is 0.396 e. The van der Waals surface area contributed by atoms with Crippen LogP contribution >= 0.6 is 0 Å². The number of anilines is 1. The van der Waals surface area contributed by atoms with E-state index < -0.39 is 0 Å². The molecule has 3 rings (SSSR count). The molecule has 2 aliphatic carbocycles. The Morgan fingerprint density at radius 1 is 1.35 bits per heavy atom. The number of nitrogens with one attached hydrogen (secondary N) is 2. The first-order chi connectivity index (χ1) is 9.71. The van der Waals surface area contributed by atoms with Gasteiger partial charge in [0.1, 0.15) is 11.6 Å². The highest BCUT2D eigenvalue weighted by Gasteiger charge is 2.31. The zero-order valence-electron chi connectivity index (χ0n) is 11.8. The third-order valence-corrected chi connectivity index (χ3v) is 4.62. The van der Waals surface area contributed by atoms with E-state index in [1.54, 1.807) is 0 Å². The Bertz CT molecular complexity index is 516. The minimum absolute atomic E-state index is 0.0394. The Morgan fingerprint density at radius 3 is 2.75 bits per heavy atom. The van der Waals surface area contributed by atoms with Crippen LogP contribution in [-0.4, -0.2) is 28.2 Å². The van der Waals surface area contributed by atoms with E-state index in [1.165, 1.54) is 25.3 Å². The molecule has 0 spiro atoms. The molecule has 0 radical (unpaired) electrons. The molecule has 1 heterocycles. The van der Waals surface area contributed by atoms with Gasteiger partial charge in [0.2, 0.25) is 0 Å². The highest BCUT2D eigenvalue weighted by atomic mass is 16.3. The molecule has 110 valence electrons. The van der Waals surface area contributed by atoms with Crippen LogP contribution in [0.25, 0.3) is 0 Å². The molecule has 1 aromatic rings. The average Bonchev–Trinajstić information content (AvgIpc) is 3.30. The molecule has 20 heavy (non-hydrogen) atoms. The number of aromatic nitrogens is 2. The van der Waals surface area contributed by atoms with Crippen LogP contribution in [0.2, 0.25) is 0 Å². The van der Waals surface area contributed by atoms with Gasteiger partial charge >= 0.3 is 0 Å². The molecule has 5 nitrogen and oxygen atoms in total. The molecule has 1 aromatic heterocycles. The van der Waals surface area contributed by atoms with E-state index in [0.29, 0.717) is 18.3 Å². The van der Waals surface area contributed by atoms with Crippen molar-refractivity contribution in [3.8, 4) is 0 Å². The molecule has 0 unspecified atom stereocenters. The predicted molar refractivity (Wildman–Crippen MR) is 77.9 cm³/mol.